The van der Waals surface area contributed by atoms with Gasteiger partial charge in [0, 0.05) is 6.54 Å². The van der Waals surface area contributed by atoms with Crippen LogP contribution in [0.25, 0.3) is 0 Å². The minimum absolute atomic E-state index is 0.0862. The van der Waals surface area contributed by atoms with Gasteiger partial charge < -0.3 is 14.8 Å². The Morgan fingerprint density at radius 3 is 2.46 bits per heavy atom. The van der Waals surface area contributed by atoms with Crippen LogP contribution in [0.3, 0.4) is 0 Å². The molecule has 0 bridgehead atoms. The van der Waals surface area contributed by atoms with E-state index in [0.29, 0.717) is 6.61 Å². The highest BCUT2D eigenvalue weighted by Crippen LogP contribution is 2.12. The summed E-state index contributed by atoms with van der Waals surface area (Å²) in [6.45, 7) is 4.84. The molecule has 1 amide bonds. The van der Waals surface area contributed by atoms with Crippen molar-refractivity contribution < 1.29 is 26.9 Å². The van der Waals surface area contributed by atoms with Crippen molar-refractivity contribution >= 4 is 16.2 Å². The second-order valence-corrected chi connectivity index (χ2v) is 6.73. The van der Waals surface area contributed by atoms with Gasteiger partial charge in [-0.1, -0.05) is 31.0 Å². The summed E-state index contributed by atoms with van der Waals surface area (Å²) in [5.74, 6) is 0. The van der Waals surface area contributed by atoms with Crippen molar-refractivity contribution in [1.29, 1.82) is 0 Å². The molecule has 0 spiro atoms. The molecule has 0 saturated heterocycles. The molecular formula is C16H25NO6S. The summed E-state index contributed by atoms with van der Waals surface area (Å²) in [6.07, 6.45) is 1.31. The predicted molar refractivity (Wildman–Crippen MR) is 89.4 cm³/mol. The third-order valence-electron chi connectivity index (χ3n) is 3.02. The molecule has 0 saturated carbocycles. The van der Waals surface area contributed by atoms with Crippen LogP contribution < -0.4 is 5.32 Å². The summed E-state index contributed by atoms with van der Waals surface area (Å²) in [5, 5.41) is 2.53. The molecule has 136 valence electrons. The molecule has 0 aliphatic heterocycles. The fraction of sp³-hybridized carbons (Fsp3) is 0.562. The second-order valence-electron chi connectivity index (χ2n) is 5.12. The van der Waals surface area contributed by atoms with Crippen LogP contribution in [0.4, 0.5) is 4.79 Å². The highest BCUT2D eigenvalue weighted by atomic mass is 32.2. The van der Waals surface area contributed by atoms with E-state index in [-0.39, 0.29) is 31.3 Å². The lowest BCUT2D eigenvalue weighted by Crippen LogP contribution is -2.28. The maximum atomic E-state index is 11.9. The van der Waals surface area contributed by atoms with Gasteiger partial charge in [-0.05, 0) is 25.5 Å². The molecule has 1 aromatic carbocycles. The number of hydrogen-bond donors (Lipinski definition) is 1. The van der Waals surface area contributed by atoms with Gasteiger partial charge in [0.15, 0.2) is 0 Å². The second kappa shape index (κ2) is 11.0. The number of carbonyl (C=O) groups excluding carboxylic acids is 1. The number of benzene rings is 1. The van der Waals surface area contributed by atoms with Crippen molar-refractivity contribution in [2.45, 2.75) is 31.6 Å². The number of alkyl carbamates (subject to hydrolysis) is 1. The topological polar surface area (TPSA) is 90.9 Å². The van der Waals surface area contributed by atoms with Crippen LogP contribution in [-0.4, -0.2) is 47.5 Å². The van der Waals surface area contributed by atoms with E-state index in [0.717, 1.165) is 18.4 Å². The Morgan fingerprint density at radius 1 is 1.08 bits per heavy atom. The van der Waals surface area contributed by atoms with Gasteiger partial charge in [0.1, 0.15) is 0 Å². The van der Waals surface area contributed by atoms with Crippen LogP contribution in [0, 0.1) is 6.92 Å². The maximum Gasteiger partial charge on any atom is 0.407 e. The smallest absolute Gasteiger partial charge is 0.407 e. The number of hydrogen-bond acceptors (Lipinski definition) is 6. The molecular weight excluding hydrogens is 334 g/mol. The minimum Gasteiger partial charge on any atom is -0.450 e. The Morgan fingerprint density at radius 2 is 1.79 bits per heavy atom. The monoisotopic (exact) mass is 359 g/mol. The van der Waals surface area contributed by atoms with E-state index < -0.39 is 16.2 Å². The average Bonchev–Trinajstić information content (AvgIpc) is 2.54. The molecule has 0 atom stereocenters. The highest BCUT2D eigenvalue weighted by Gasteiger charge is 2.14. The predicted octanol–water partition coefficient (Wildman–Crippen LogP) is 2.24. The Bertz CT molecular complexity index is 585. The minimum atomic E-state index is -3.77. The van der Waals surface area contributed by atoms with Gasteiger partial charge in [0.25, 0.3) is 10.1 Å². The summed E-state index contributed by atoms with van der Waals surface area (Å²) in [7, 11) is -3.77. The number of carbonyl (C=O) groups is 1. The summed E-state index contributed by atoms with van der Waals surface area (Å²) in [5.41, 5.74) is 0.970. The molecule has 24 heavy (non-hydrogen) atoms. The highest BCUT2D eigenvalue weighted by molar-refractivity contribution is 7.86. The van der Waals surface area contributed by atoms with Crippen molar-refractivity contribution in [2.24, 2.45) is 0 Å². The zero-order valence-corrected chi connectivity index (χ0v) is 14.9. The van der Waals surface area contributed by atoms with Gasteiger partial charge in [-0.25, -0.2) is 4.79 Å². The van der Waals surface area contributed by atoms with E-state index in [9.17, 15) is 13.2 Å². The maximum absolute atomic E-state index is 11.9. The van der Waals surface area contributed by atoms with Crippen molar-refractivity contribution in [1.82, 2.24) is 5.32 Å². The van der Waals surface area contributed by atoms with Gasteiger partial charge in [0.2, 0.25) is 0 Å². The first-order valence-corrected chi connectivity index (χ1v) is 9.31. The molecule has 1 rings (SSSR count). The Labute approximate surface area is 143 Å². The van der Waals surface area contributed by atoms with E-state index in [4.69, 9.17) is 13.7 Å². The Kier molecular flexibility index (Phi) is 9.36. The van der Waals surface area contributed by atoms with Crippen LogP contribution >= 0.6 is 0 Å². The van der Waals surface area contributed by atoms with Crippen LogP contribution in [0.15, 0.2) is 29.2 Å². The van der Waals surface area contributed by atoms with E-state index in [1.165, 1.54) is 12.1 Å². The lowest BCUT2D eigenvalue weighted by atomic mass is 10.2. The summed E-state index contributed by atoms with van der Waals surface area (Å²) < 4.78 is 38.8. The third kappa shape index (κ3) is 8.28. The summed E-state index contributed by atoms with van der Waals surface area (Å²) in [6, 6.07) is 6.41. The van der Waals surface area contributed by atoms with Crippen LogP contribution in [0.1, 0.15) is 25.3 Å². The average molecular weight is 359 g/mol. The number of rotatable bonds is 11. The quantitative estimate of drug-likeness (QED) is 0.481. The number of aryl methyl sites for hydroxylation is 1. The zero-order chi connectivity index (χ0) is 17.8. The van der Waals surface area contributed by atoms with Crippen molar-refractivity contribution in [3.63, 3.8) is 0 Å². The SMILES string of the molecule is CCCCOC(=O)NCCOCCOS(=O)(=O)c1ccc(C)cc1. The fourth-order valence-electron chi connectivity index (χ4n) is 1.66. The first kappa shape index (κ1) is 20.4. The molecule has 0 aromatic heterocycles. The molecule has 0 aliphatic rings. The van der Waals surface area contributed by atoms with E-state index >= 15 is 0 Å². The number of amides is 1. The molecule has 1 N–H and O–H groups in total. The number of ether oxygens (including phenoxy) is 2. The molecule has 0 unspecified atom stereocenters. The Hall–Kier alpha value is -1.64. The fourth-order valence-corrected chi connectivity index (χ4v) is 2.56. The van der Waals surface area contributed by atoms with Gasteiger partial charge in [-0.3, -0.25) is 4.18 Å². The zero-order valence-electron chi connectivity index (χ0n) is 14.1. The number of unbranched alkanes of at least 4 members (excludes halogenated alkanes) is 1. The molecule has 8 heteroatoms. The molecule has 0 heterocycles. The molecule has 1 aromatic rings. The van der Waals surface area contributed by atoms with E-state index in [2.05, 4.69) is 5.32 Å². The van der Waals surface area contributed by atoms with Crippen molar-refractivity contribution in [2.75, 3.05) is 33.0 Å². The largest absolute Gasteiger partial charge is 0.450 e. The van der Waals surface area contributed by atoms with Gasteiger partial charge in [-0.2, -0.15) is 8.42 Å². The van der Waals surface area contributed by atoms with Gasteiger partial charge >= 0.3 is 6.09 Å². The number of nitrogens with one attached hydrogen (secondary N) is 1. The van der Waals surface area contributed by atoms with E-state index in [1.54, 1.807) is 12.1 Å². The van der Waals surface area contributed by atoms with Crippen LogP contribution in [0.2, 0.25) is 0 Å². The van der Waals surface area contributed by atoms with Gasteiger partial charge in [0.05, 0.1) is 31.3 Å². The van der Waals surface area contributed by atoms with E-state index in [1.807, 2.05) is 13.8 Å². The first-order chi connectivity index (χ1) is 11.5. The third-order valence-corrected chi connectivity index (χ3v) is 4.35. The first-order valence-electron chi connectivity index (χ1n) is 7.90. The Balaban J connectivity index is 2.11. The molecule has 0 aliphatic carbocycles. The van der Waals surface area contributed by atoms with Crippen LogP contribution in [-0.2, 0) is 23.8 Å². The summed E-state index contributed by atoms with van der Waals surface area (Å²) in [4.78, 5) is 11.3. The van der Waals surface area contributed by atoms with Crippen molar-refractivity contribution in [3.05, 3.63) is 29.8 Å². The van der Waals surface area contributed by atoms with Crippen molar-refractivity contribution in [3.8, 4) is 0 Å². The molecule has 7 nitrogen and oxygen atoms in total. The lowest BCUT2D eigenvalue weighted by Gasteiger charge is -2.08. The lowest BCUT2D eigenvalue weighted by molar-refractivity contribution is 0.0991. The standard InChI is InChI=1S/C16H25NO6S/c1-3-4-10-22-16(18)17-9-11-21-12-13-23-24(19,20)15-7-5-14(2)6-8-15/h5-8H,3-4,9-13H2,1-2H3,(H,17,18). The van der Waals surface area contributed by atoms with Crippen LogP contribution in [0.5, 0.6) is 0 Å². The summed E-state index contributed by atoms with van der Waals surface area (Å²) >= 11 is 0. The molecule has 0 fully saturated rings. The molecule has 0 radical (unpaired) electrons. The normalized spacial score (nSPS) is 11.2. The van der Waals surface area contributed by atoms with Gasteiger partial charge in [-0.15, -0.1) is 0 Å².